The molecule has 9 heteroatoms. The Kier molecular flexibility index (Phi) is 7.01. The average molecular weight is 464 g/mol. The van der Waals surface area contributed by atoms with Crippen molar-refractivity contribution in [3.63, 3.8) is 0 Å². The van der Waals surface area contributed by atoms with Crippen molar-refractivity contribution in [1.29, 1.82) is 0 Å². The second-order valence-corrected chi connectivity index (χ2v) is 7.94. The summed E-state index contributed by atoms with van der Waals surface area (Å²) >= 11 is 0. The first-order valence-electron chi connectivity index (χ1n) is 11.0. The molecule has 0 aliphatic carbocycles. The van der Waals surface area contributed by atoms with Crippen molar-refractivity contribution >= 4 is 17.4 Å². The number of ether oxygens (including phenoxy) is 1. The smallest absolute Gasteiger partial charge is 0.274 e. The number of benzene rings is 2. The lowest BCUT2D eigenvalue weighted by atomic mass is 10.1. The maximum Gasteiger partial charge on any atom is 0.274 e. The zero-order chi connectivity index (χ0) is 24.1. The van der Waals surface area contributed by atoms with Gasteiger partial charge in [0.25, 0.3) is 11.5 Å². The molecule has 1 aromatic heterocycles. The number of aromatic nitrogens is 2. The van der Waals surface area contributed by atoms with Gasteiger partial charge < -0.3 is 14.5 Å². The summed E-state index contributed by atoms with van der Waals surface area (Å²) in [6, 6.07) is 16.4. The van der Waals surface area contributed by atoms with Gasteiger partial charge >= 0.3 is 0 Å². The highest BCUT2D eigenvalue weighted by Gasteiger charge is 2.25. The van der Waals surface area contributed by atoms with E-state index < -0.39 is 5.82 Å². The average Bonchev–Trinajstić information content (AvgIpc) is 2.85. The number of amides is 1. The molecule has 0 radical (unpaired) electrons. The summed E-state index contributed by atoms with van der Waals surface area (Å²) in [5.41, 5.74) is 0.583. The van der Waals surface area contributed by atoms with Crippen LogP contribution in [0.2, 0.25) is 0 Å². The minimum Gasteiger partial charge on any atom is -0.492 e. The van der Waals surface area contributed by atoms with Crippen molar-refractivity contribution in [2.45, 2.75) is 13.5 Å². The fourth-order valence-electron chi connectivity index (χ4n) is 3.78. The zero-order valence-electron chi connectivity index (χ0n) is 18.8. The number of hydrogen-bond donors (Lipinski definition) is 0. The van der Waals surface area contributed by atoms with Gasteiger partial charge in [-0.1, -0.05) is 18.2 Å². The van der Waals surface area contributed by atoms with E-state index in [9.17, 15) is 18.8 Å². The Balaban J connectivity index is 1.37. The van der Waals surface area contributed by atoms with E-state index >= 15 is 0 Å². The molecule has 2 aromatic carbocycles. The molecule has 0 bridgehead atoms. The summed E-state index contributed by atoms with van der Waals surface area (Å²) in [6.45, 7) is 3.47. The number of carbonyl (C=O) groups is 2. The highest BCUT2D eigenvalue weighted by molar-refractivity contribution is 5.94. The topological polar surface area (TPSA) is 84.7 Å². The number of ketones is 1. The summed E-state index contributed by atoms with van der Waals surface area (Å²) in [5, 5.41) is 4.22. The van der Waals surface area contributed by atoms with Crippen LogP contribution >= 0.6 is 0 Å². The molecule has 1 fully saturated rings. The van der Waals surface area contributed by atoms with E-state index in [1.807, 2.05) is 35.2 Å². The molecule has 2 heterocycles. The first-order valence-corrected chi connectivity index (χ1v) is 11.0. The van der Waals surface area contributed by atoms with Crippen LogP contribution < -0.4 is 15.2 Å². The molecule has 34 heavy (non-hydrogen) atoms. The minimum absolute atomic E-state index is 0.171. The van der Waals surface area contributed by atoms with E-state index in [0.29, 0.717) is 43.2 Å². The Bertz CT molecular complexity index is 1240. The lowest BCUT2D eigenvalue weighted by molar-refractivity contribution is 0.0737. The quantitative estimate of drug-likeness (QED) is 0.500. The van der Waals surface area contributed by atoms with E-state index in [0.717, 1.165) is 0 Å². The highest BCUT2D eigenvalue weighted by Crippen LogP contribution is 2.22. The van der Waals surface area contributed by atoms with Crippen molar-refractivity contribution in [2.24, 2.45) is 0 Å². The first-order chi connectivity index (χ1) is 16.4. The van der Waals surface area contributed by atoms with Gasteiger partial charge in [0.05, 0.1) is 12.2 Å². The van der Waals surface area contributed by atoms with Crippen LogP contribution in [0.1, 0.15) is 27.8 Å². The molecule has 1 saturated heterocycles. The summed E-state index contributed by atoms with van der Waals surface area (Å²) in [6.07, 6.45) is 0. The molecule has 4 rings (SSSR count). The highest BCUT2D eigenvalue weighted by atomic mass is 19.1. The van der Waals surface area contributed by atoms with Crippen LogP contribution in [0.4, 0.5) is 10.1 Å². The van der Waals surface area contributed by atoms with Crippen LogP contribution in [0.5, 0.6) is 5.75 Å². The fraction of sp³-hybridized carbons (Fsp3) is 0.280. The molecular formula is C25H25FN4O4. The fourth-order valence-corrected chi connectivity index (χ4v) is 3.78. The molecular weight excluding hydrogens is 439 g/mol. The molecule has 1 aliphatic rings. The number of nitrogens with zero attached hydrogens (tertiary/aromatic N) is 4. The maximum absolute atomic E-state index is 14.5. The SMILES string of the molecule is CC(=O)c1ccc(N2CCN(C(=O)c3ccc(=O)n(CCOc4ccccc4)n3)CC2)c(F)c1. The van der Waals surface area contributed by atoms with Crippen LogP contribution in [-0.2, 0) is 6.54 Å². The van der Waals surface area contributed by atoms with Gasteiger partial charge in [-0.25, -0.2) is 9.07 Å². The van der Waals surface area contributed by atoms with Crippen molar-refractivity contribution in [3.05, 3.63) is 88.1 Å². The minimum atomic E-state index is -0.459. The van der Waals surface area contributed by atoms with Crippen LogP contribution in [0, 0.1) is 5.82 Å². The lowest BCUT2D eigenvalue weighted by Gasteiger charge is -2.36. The molecule has 176 valence electrons. The normalized spacial score (nSPS) is 13.6. The Labute approximate surface area is 196 Å². The maximum atomic E-state index is 14.5. The third kappa shape index (κ3) is 5.31. The summed E-state index contributed by atoms with van der Waals surface area (Å²) in [4.78, 5) is 40.1. The van der Waals surface area contributed by atoms with Crippen LogP contribution in [0.3, 0.4) is 0 Å². The van der Waals surface area contributed by atoms with Crippen molar-refractivity contribution < 1.29 is 18.7 Å². The molecule has 8 nitrogen and oxygen atoms in total. The van der Waals surface area contributed by atoms with E-state index in [2.05, 4.69) is 5.10 Å². The number of para-hydroxylation sites is 1. The van der Waals surface area contributed by atoms with Crippen LogP contribution in [0.15, 0.2) is 65.5 Å². The predicted octanol–water partition coefficient (Wildman–Crippen LogP) is 2.63. The number of anilines is 1. The molecule has 0 unspecified atom stereocenters. The van der Waals surface area contributed by atoms with E-state index in [-0.39, 0.29) is 36.1 Å². The van der Waals surface area contributed by atoms with Gasteiger partial charge in [-0.15, -0.1) is 0 Å². The third-order valence-corrected chi connectivity index (χ3v) is 5.66. The van der Waals surface area contributed by atoms with Gasteiger partial charge in [0.2, 0.25) is 0 Å². The summed E-state index contributed by atoms with van der Waals surface area (Å²) < 4.78 is 21.3. The first kappa shape index (κ1) is 23.2. The Morgan fingerprint density at radius 3 is 2.41 bits per heavy atom. The Morgan fingerprint density at radius 1 is 1.00 bits per heavy atom. The second kappa shape index (κ2) is 10.3. The number of rotatable bonds is 7. The largest absolute Gasteiger partial charge is 0.492 e. The van der Waals surface area contributed by atoms with Gasteiger partial charge in [0.1, 0.15) is 23.9 Å². The monoisotopic (exact) mass is 464 g/mol. The van der Waals surface area contributed by atoms with Crippen molar-refractivity contribution in [2.75, 3.05) is 37.7 Å². The molecule has 1 aliphatic heterocycles. The van der Waals surface area contributed by atoms with Gasteiger partial charge in [0.15, 0.2) is 5.78 Å². The van der Waals surface area contributed by atoms with Crippen molar-refractivity contribution in [1.82, 2.24) is 14.7 Å². The molecule has 1 amide bonds. The zero-order valence-corrected chi connectivity index (χ0v) is 18.8. The molecule has 0 saturated carbocycles. The number of piperazine rings is 1. The Morgan fingerprint density at radius 2 is 1.74 bits per heavy atom. The molecule has 0 N–H and O–H groups in total. The lowest BCUT2D eigenvalue weighted by Crippen LogP contribution is -2.49. The van der Waals surface area contributed by atoms with Crippen LogP contribution in [-0.4, -0.2) is 59.2 Å². The number of carbonyl (C=O) groups excluding carboxylic acids is 2. The van der Waals surface area contributed by atoms with Gasteiger partial charge in [-0.05, 0) is 43.3 Å². The van der Waals surface area contributed by atoms with E-state index in [1.165, 1.54) is 29.8 Å². The molecule has 3 aromatic rings. The number of hydrogen-bond acceptors (Lipinski definition) is 6. The molecule has 0 spiro atoms. The summed E-state index contributed by atoms with van der Waals surface area (Å²) in [7, 11) is 0. The standard InChI is InChI=1S/C25H25FN4O4/c1-18(31)19-7-9-23(21(26)17-19)28-11-13-29(14-12-28)25(33)22-8-10-24(32)30(27-22)15-16-34-20-5-3-2-4-6-20/h2-10,17H,11-16H2,1H3. The van der Waals surface area contributed by atoms with E-state index in [4.69, 9.17) is 4.74 Å². The second-order valence-electron chi connectivity index (χ2n) is 7.94. The van der Waals surface area contributed by atoms with Crippen LogP contribution in [0.25, 0.3) is 0 Å². The number of halogens is 1. The summed E-state index contributed by atoms with van der Waals surface area (Å²) in [5.74, 6) is -0.252. The molecule has 0 atom stereocenters. The Hall–Kier alpha value is -4.01. The van der Waals surface area contributed by atoms with Gasteiger partial charge in [-0.3, -0.25) is 14.4 Å². The van der Waals surface area contributed by atoms with E-state index in [1.54, 1.807) is 17.0 Å². The van der Waals surface area contributed by atoms with Crippen molar-refractivity contribution in [3.8, 4) is 5.75 Å². The third-order valence-electron chi connectivity index (χ3n) is 5.66. The van der Waals surface area contributed by atoms with Gasteiger partial charge in [-0.2, -0.15) is 5.10 Å². The van der Waals surface area contributed by atoms with Gasteiger partial charge in [0, 0.05) is 37.8 Å². The number of Topliss-reactive ketones (excluding diaryl/α,β-unsaturated/α-hetero) is 1. The predicted molar refractivity (Wildman–Crippen MR) is 125 cm³/mol.